The number of halogens is 3. The van der Waals surface area contributed by atoms with E-state index in [0.717, 1.165) is 35.8 Å². The quantitative estimate of drug-likeness (QED) is 0.253. The Morgan fingerprint density at radius 1 is 1.26 bits per heavy atom. The minimum Gasteiger partial charge on any atom is -0.478 e. The minimum absolute atomic E-state index is 0.0749. The molecular weight excluding hydrogens is 536 g/mol. The van der Waals surface area contributed by atoms with Gasteiger partial charge in [0.25, 0.3) is 0 Å². The lowest BCUT2D eigenvalue weighted by Gasteiger charge is -2.36. The van der Waals surface area contributed by atoms with Crippen molar-refractivity contribution in [3.63, 3.8) is 0 Å². The van der Waals surface area contributed by atoms with Crippen LogP contribution >= 0.6 is 22.9 Å². The maximum atomic E-state index is 15.7. The second-order valence-corrected chi connectivity index (χ2v) is 11.3. The van der Waals surface area contributed by atoms with Gasteiger partial charge in [-0.25, -0.2) is 18.6 Å². The SMILES string of the molecule is O=C(O)c1cc(F)c2nc(N3CCC(F)(COCc4c(-c5ccccc5Cl)noc4C4CC4)CC3)sc2c1. The van der Waals surface area contributed by atoms with E-state index in [0.29, 0.717) is 39.6 Å². The van der Waals surface area contributed by atoms with Gasteiger partial charge in [-0.1, -0.05) is 46.3 Å². The number of ether oxygens (including phenoxy) is 1. The van der Waals surface area contributed by atoms with E-state index in [1.807, 2.05) is 23.1 Å². The zero-order valence-corrected chi connectivity index (χ0v) is 21.8. The number of carboxylic acids is 1. The number of thiazole rings is 1. The molecule has 0 unspecified atom stereocenters. The molecule has 0 radical (unpaired) electrons. The van der Waals surface area contributed by atoms with Crippen molar-refractivity contribution in [3.05, 3.63) is 64.1 Å². The van der Waals surface area contributed by atoms with Crippen molar-refractivity contribution in [2.24, 2.45) is 0 Å². The number of carbonyl (C=O) groups is 1. The third-order valence-corrected chi connectivity index (χ3v) is 8.51. The molecule has 4 aromatic rings. The van der Waals surface area contributed by atoms with E-state index in [4.69, 9.17) is 20.9 Å². The van der Waals surface area contributed by atoms with Crippen molar-refractivity contribution in [1.29, 1.82) is 0 Å². The summed E-state index contributed by atoms with van der Waals surface area (Å²) in [7, 11) is 0. The molecule has 11 heteroatoms. The summed E-state index contributed by atoms with van der Waals surface area (Å²) in [6.45, 7) is 0.875. The number of piperidine rings is 1. The normalized spacial score (nSPS) is 17.3. The number of anilines is 1. The van der Waals surface area contributed by atoms with E-state index >= 15 is 4.39 Å². The number of fused-ring (bicyclic) bond motifs is 1. The average molecular weight is 560 g/mol. The van der Waals surface area contributed by atoms with Crippen molar-refractivity contribution in [2.45, 2.75) is 43.9 Å². The summed E-state index contributed by atoms with van der Waals surface area (Å²) in [6.07, 6.45) is 2.51. The number of alkyl halides is 1. The Kier molecular flexibility index (Phi) is 6.57. The Morgan fingerprint density at radius 2 is 2.03 bits per heavy atom. The number of hydrogen-bond donors (Lipinski definition) is 1. The molecule has 38 heavy (non-hydrogen) atoms. The fraction of sp³-hybridized carbons (Fsp3) is 0.370. The fourth-order valence-electron chi connectivity index (χ4n) is 4.81. The summed E-state index contributed by atoms with van der Waals surface area (Å²) < 4.78 is 42.1. The van der Waals surface area contributed by atoms with Gasteiger partial charge < -0.3 is 19.3 Å². The number of aromatic nitrogens is 2. The van der Waals surface area contributed by atoms with Gasteiger partial charge in [-0.2, -0.15) is 0 Å². The van der Waals surface area contributed by atoms with Crippen LogP contribution in [-0.4, -0.2) is 46.6 Å². The van der Waals surface area contributed by atoms with Crippen LogP contribution in [0, 0.1) is 5.82 Å². The van der Waals surface area contributed by atoms with E-state index in [1.165, 1.54) is 17.4 Å². The standard InChI is InChI=1S/C27H24ClF2N3O4S/c28-19-4-2-1-3-17(19)22-18(24(37-32-22)15-5-6-15)13-36-14-27(30)7-9-33(10-8-27)26-31-23-20(29)11-16(25(34)35)12-21(23)38-26/h1-4,11-12,15H,5-10,13-14H2,(H,34,35). The van der Waals surface area contributed by atoms with Crippen molar-refractivity contribution < 1.29 is 27.9 Å². The molecule has 1 aliphatic carbocycles. The first-order valence-electron chi connectivity index (χ1n) is 12.4. The fourth-order valence-corrected chi connectivity index (χ4v) is 6.10. The van der Waals surface area contributed by atoms with E-state index in [-0.39, 0.29) is 37.1 Å². The highest BCUT2D eigenvalue weighted by Crippen LogP contribution is 2.45. The zero-order chi connectivity index (χ0) is 26.4. The largest absolute Gasteiger partial charge is 0.478 e. The van der Waals surface area contributed by atoms with Gasteiger partial charge in [-0.3, -0.25) is 0 Å². The van der Waals surface area contributed by atoms with Crippen molar-refractivity contribution >= 4 is 44.3 Å². The Balaban J connectivity index is 1.11. The summed E-state index contributed by atoms with van der Waals surface area (Å²) in [4.78, 5) is 17.5. The molecular formula is C27H24ClF2N3O4S. The van der Waals surface area contributed by atoms with E-state index < -0.39 is 17.5 Å². The summed E-state index contributed by atoms with van der Waals surface area (Å²) in [5, 5.41) is 14.6. The molecule has 1 aliphatic heterocycles. The number of rotatable bonds is 8. The van der Waals surface area contributed by atoms with Crippen LogP contribution in [0.3, 0.4) is 0 Å². The lowest BCUT2D eigenvalue weighted by Crippen LogP contribution is -2.44. The molecule has 0 amide bonds. The van der Waals surface area contributed by atoms with E-state index in [9.17, 15) is 14.3 Å². The topological polar surface area (TPSA) is 88.7 Å². The van der Waals surface area contributed by atoms with Crippen LogP contribution in [-0.2, 0) is 11.3 Å². The van der Waals surface area contributed by atoms with E-state index in [1.54, 1.807) is 6.07 Å². The van der Waals surface area contributed by atoms with E-state index in [2.05, 4.69) is 10.1 Å². The number of benzene rings is 2. The van der Waals surface area contributed by atoms with Crippen molar-refractivity contribution in [1.82, 2.24) is 10.1 Å². The van der Waals surface area contributed by atoms with Gasteiger partial charge in [0.2, 0.25) is 0 Å². The summed E-state index contributed by atoms with van der Waals surface area (Å²) in [5.74, 6) is -0.777. The Hall–Kier alpha value is -3.08. The molecule has 2 aromatic carbocycles. The molecule has 2 fully saturated rings. The first-order chi connectivity index (χ1) is 18.3. The van der Waals surface area contributed by atoms with Gasteiger partial charge in [0.1, 0.15) is 22.6 Å². The molecule has 3 heterocycles. The Morgan fingerprint density at radius 3 is 2.74 bits per heavy atom. The predicted molar refractivity (Wildman–Crippen MR) is 140 cm³/mol. The molecule has 0 atom stereocenters. The zero-order valence-electron chi connectivity index (χ0n) is 20.3. The first-order valence-corrected chi connectivity index (χ1v) is 13.6. The molecule has 2 aliphatic rings. The number of carboxylic acid groups (broad SMARTS) is 1. The van der Waals surface area contributed by atoms with Crippen LogP contribution in [0.4, 0.5) is 13.9 Å². The van der Waals surface area contributed by atoms with Gasteiger partial charge >= 0.3 is 5.97 Å². The maximum Gasteiger partial charge on any atom is 0.335 e. The molecule has 7 nitrogen and oxygen atoms in total. The first kappa shape index (κ1) is 25.2. The van der Waals surface area contributed by atoms with Gasteiger partial charge in [-0.15, -0.1) is 0 Å². The third-order valence-electron chi connectivity index (χ3n) is 7.12. The van der Waals surface area contributed by atoms with Gasteiger partial charge in [0.05, 0.1) is 28.5 Å². The highest BCUT2D eigenvalue weighted by Gasteiger charge is 2.37. The van der Waals surface area contributed by atoms with Crippen molar-refractivity contribution in [2.75, 3.05) is 24.6 Å². The lowest BCUT2D eigenvalue weighted by molar-refractivity contribution is -0.00757. The average Bonchev–Trinajstić information content (AvgIpc) is 3.51. The number of hydrogen-bond acceptors (Lipinski definition) is 7. The summed E-state index contributed by atoms with van der Waals surface area (Å²) in [5.41, 5.74) is 0.697. The van der Waals surface area contributed by atoms with Crippen LogP contribution in [0.25, 0.3) is 21.5 Å². The number of aromatic carboxylic acids is 1. The van der Waals surface area contributed by atoms with Crippen molar-refractivity contribution in [3.8, 4) is 11.3 Å². The monoisotopic (exact) mass is 559 g/mol. The molecule has 0 bridgehead atoms. The maximum absolute atomic E-state index is 15.7. The third kappa shape index (κ3) is 4.88. The van der Waals surface area contributed by atoms with Gasteiger partial charge in [0.15, 0.2) is 10.9 Å². The molecule has 1 saturated heterocycles. The second kappa shape index (κ2) is 9.91. The molecule has 1 N–H and O–H groups in total. The van der Waals surface area contributed by atoms with Gasteiger partial charge in [0, 0.05) is 43.0 Å². The summed E-state index contributed by atoms with van der Waals surface area (Å²) >= 11 is 7.60. The van der Waals surface area contributed by atoms with Crippen LogP contribution in [0.5, 0.6) is 0 Å². The smallest absolute Gasteiger partial charge is 0.335 e. The summed E-state index contributed by atoms with van der Waals surface area (Å²) in [6, 6.07) is 9.78. The molecule has 6 rings (SSSR count). The van der Waals surface area contributed by atoms with Crippen LogP contribution in [0.2, 0.25) is 5.02 Å². The number of nitrogens with zero attached hydrogens (tertiary/aromatic N) is 3. The van der Waals surface area contributed by atoms with Crippen LogP contribution < -0.4 is 4.90 Å². The molecule has 198 valence electrons. The Bertz CT molecular complexity index is 1510. The van der Waals surface area contributed by atoms with Crippen LogP contribution in [0.15, 0.2) is 40.9 Å². The second-order valence-electron chi connectivity index (χ2n) is 9.87. The Labute approximate surface area is 226 Å². The molecule has 0 spiro atoms. The molecule has 1 saturated carbocycles. The molecule has 2 aromatic heterocycles. The highest BCUT2D eigenvalue weighted by atomic mass is 35.5. The predicted octanol–water partition coefficient (Wildman–Crippen LogP) is 6.84. The minimum atomic E-state index is -1.52. The highest BCUT2D eigenvalue weighted by molar-refractivity contribution is 7.22. The van der Waals surface area contributed by atoms with Gasteiger partial charge in [-0.05, 0) is 31.0 Å². The lowest BCUT2D eigenvalue weighted by atomic mass is 9.94. The van der Waals surface area contributed by atoms with Crippen LogP contribution in [0.1, 0.15) is 53.3 Å².